The zero-order valence-corrected chi connectivity index (χ0v) is 10.7. The lowest BCUT2D eigenvalue weighted by molar-refractivity contribution is -0.127. The van der Waals surface area contributed by atoms with E-state index in [0.717, 1.165) is 12.0 Å². The highest BCUT2D eigenvalue weighted by Crippen LogP contribution is 2.17. The quantitative estimate of drug-likeness (QED) is 0.772. The van der Waals surface area contributed by atoms with Crippen LogP contribution in [0.15, 0.2) is 24.3 Å². The number of para-hydroxylation sites is 1. The second-order valence-electron chi connectivity index (χ2n) is 3.70. The van der Waals surface area contributed by atoms with Crippen LogP contribution >= 0.6 is 0 Å². The molecule has 0 atom stereocenters. The number of rotatable bonds is 6. The molecule has 0 aliphatic rings. The van der Waals surface area contributed by atoms with Gasteiger partial charge in [0, 0.05) is 7.05 Å². The van der Waals surface area contributed by atoms with Gasteiger partial charge in [-0.2, -0.15) is 0 Å². The van der Waals surface area contributed by atoms with Gasteiger partial charge in [-0.15, -0.1) is 0 Å². The molecular formula is C13H18N2O3. The average Bonchev–Trinajstić information content (AvgIpc) is 2.42. The van der Waals surface area contributed by atoms with E-state index in [1.54, 1.807) is 0 Å². The van der Waals surface area contributed by atoms with Crippen molar-refractivity contribution in [1.82, 2.24) is 10.6 Å². The van der Waals surface area contributed by atoms with E-state index in [2.05, 4.69) is 10.6 Å². The number of aryl methyl sites for hydroxylation is 1. The minimum absolute atomic E-state index is 0.0336. The molecule has 5 heteroatoms. The van der Waals surface area contributed by atoms with Crippen molar-refractivity contribution in [3.8, 4) is 5.75 Å². The third-order valence-electron chi connectivity index (χ3n) is 2.44. The van der Waals surface area contributed by atoms with Crippen molar-refractivity contribution in [2.75, 3.05) is 20.2 Å². The van der Waals surface area contributed by atoms with Gasteiger partial charge < -0.3 is 15.4 Å². The summed E-state index contributed by atoms with van der Waals surface area (Å²) >= 11 is 0. The molecule has 0 unspecified atom stereocenters. The number of carbonyl (C=O) groups excluding carboxylic acids is 2. The molecule has 18 heavy (non-hydrogen) atoms. The largest absolute Gasteiger partial charge is 0.483 e. The lowest BCUT2D eigenvalue weighted by Crippen LogP contribution is -2.37. The molecule has 2 N–H and O–H groups in total. The summed E-state index contributed by atoms with van der Waals surface area (Å²) in [5.41, 5.74) is 1.05. The predicted octanol–water partition coefficient (Wildman–Crippen LogP) is 0.490. The van der Waals surface area contributed by atoms with Crippen molar-refractivity contribution >= 4 is 11.8 Å². The highest BCUT2D eigenvalue weighted by Gasteiger charge is 2.06. The molecule has 5 nitrogen and oxygen atoms in total. The molecule has 98 valence electrons. The van der Waals surface area contributed by atoms with Gasteiger partial charge in [-0.3, -0.25) is 9.59 Å². The number of ether oxygens (including phenoxy) is 1. The molecular weight excluding hydrogens is 232 g/mol. The third kappa shape index (κ3) is 4.45. The first-order chi connectivity index (χ1) is 8.67. The zero-order chi connectivity index (χ0) is 13.4. The summed E-state index contributed by atoms with van der Waals surface area (Å²) in [5, 5.41) is 4.88. The Kier molecular flexibility index (Phi) is 5.70. The van der Waals surface area contributed by atoms with Crippen LogP contribution in [0.1, 0.15) is 12.5 Å². The molecule has 0 fully saturated rings. The summed E-state index contributed by atoms with van der Waals surface area (Å²) in [6.45, 7) is 1.90. The standard InChI is InChI=1S/C13H18N2O3/c1-3-10-6-4-5-7-11(10)18-9-13(17)15-8-12(16)14-2/h4-7H,3,8-9H2,1-2H3,(H,14,16)(H,15,17). The Morgan fingerprint density at radius 1 is 1.22 bits per heavy atom. The topological polar surface area (TPSA) is 67.4 Å². The van der Waals surface area contributed by atoms with Crippen molar-refractivity contribution in [2.24, 2.45) is 0 Å². The Labute approximate surface area is 107 Å². The number of likely N-dealkylation sites (N-methyl/N-ethyl adjacent to an activating group) is 1. The SMILES string of the molecule is CCc1ccccc1OCC(=O)NCC(=O)NC. The maximum absolute atomic E-state index is 11.4. The van der Waals surface area contributed by atoms with E-state index in [1.807, 2.05) is 31.2 Å². The molecule has 0 saturated carbocycles. The first-order valence-electron chi connectivity index (χ1n) is 5.85. The minimum atomic E-state index is -0.315. The zero-order valence-electron chi connectivity index (χ0n) is 10.7. The molecule has 0 heterocycles. The summed E-state index contributed by atoms with van der Waals surface area (Å²) in [4.78, 5) is 22.3. The molecule has 1 aromatic carbocycles. The lowest BCUT2D eigenvalue weighted by Gasteiger charge is -2.10. The van der Waals surface area contributed by atoms with E-state index >= 15 is 0 Å². The second-order valence-corrected chi connectivity index (χ2v) is 3.70. The minimum Gasteiger partial charge on any atom is -0.483 e. The molecule has 0 spiro atoms. The summed E-state index contributed by atoms with van der Waals surface area (Å²) in [6, 6.07) is 7.57. The van der Waals surface area contributed by atoms with Crippen LogP contribution in [0.25, 0.3) is 0 Å². The van der Waals surface area contributed by atoms with Gasteiger partial charge in [-0.25, -0.2) is 0 Å². The number of hydrogen-bond donors (Lipinski definition) is 2. The Morgan fingerprint density at radius 2 is 1.94 bits per heavy atom. The number of carbonyl (C=O) groups is 2. The molecule has 0 saturated heterocycles. The second kappa shape index (κ2) is 7.32. The molecule has 0 aliphatic carbocycles. The Morgan fingerprint density at radius 3 is 2.61 bits per heavy atom. The highest BCUT2D eigenvalue weighted by atomic mass is 16.5. The molecule has 0 bridgehead atoms. The maximum atomic E-state index is 11.4. The van der Waals surface area contributed by atoms with Crippen LogP contribution in [0.2, 0.25) is 0 Å². The first kappa shape index (κ1) is 14.0. The van der Waals surface area contributed by atoms with E-state index in [0.29, 0.717) is 5.75 Å². The average molecular weight is 250 g/mol. The van der Waals surface area contributed by atoms with Gasteiger partial charge in [0.2, 0.25) is 5.91 Å². The van der Waals surface area contributed by atoms with Crippen LogP contribution in [0.4, 0.5) is 0 Å². The van der Waals surface area contributed by atoms with Crippen LogP contribution in [-0.2, 0) is 16.0 Å². The fraction of sp³-hybridized carbons (Fsp3) is 0.385. The Bertz CT molecular complexity index is 418. The van der Waals surface area contributed by atoms with Gasteiger partial charge >= 0.3 is 0 Å². The van der Waals surface area contributed by atoms with E-state index in [-0.39, 0.29) is 25.0 Å². The maximum Gasteiger partial charge on any atom is 0.258 e. The van der Waals surface area contributed by atoms with Gasteiger partial charge in [0.25, 0.3) is 5.91 Å². The number of nitrogens with one attached hydrogen (secondary N) is 2. The lowest BCUT2D eigenvalue weighted by atomic mass is 10.1. The van der Waals surface area contributed by atoms with Gasteiger partial charge in [-0.1, -0.05) is 25.1 Å². The Balaban J connectivity index is 2.40. The van der Waals surface area contributed by atoms with E-state index in [1.165, 1.54) is 7.05 Å². The third-order valence-corrected chi connectivity index (χ3v) is 2.44. The summed E-state index contributed by atoms with van der Waals surface area (Å²) in [7, 11) is 1.52. The predicted molar refractivity (Wildman–Crippen MR) is 68.4 cm³/mol. The number of hydrogen-bond acceptors (Lipinski definition) is 3. The van der Waals surface area contributed by atoms with E-state index < -0.39 is 0 Å². The molecule has 1 rings (SSSR count). The fourth-order valence-corrected chi connectivity index (χ4v) is 1.40. The van der Waals surface area contributed by atoms with Crippen LogP contribution in [0, 0.1) is 0 Å². The summed E-state index contributed by atoms with van der Waals surface area (Å²) in [6.07, 6.45) is 0.843. The van der Waals surface area contributed by atoms with Crippen LogP contribution in [0.5, 0.6) is 5.75 Å². The highest BCUT2D eigenvalue weighted by molar-refractivity contribution is 5.85. The van der Waals surface area contributed by atoms with Gasteiger partial charge in [0.15, 0.2) is 6.61 Å². The van der Waals surface area contributed by atoms with Crippen LogP contribution in [-0.4, -0.2) is 32.0 Å². The van der Waals surface area contributed by atoms with E-state index in [9.17, 15) is 9.59 Å². The van der Waals surface area contributed by atoms with Crippen molar-refractivity contribution in [3.63, 3.8) is 0 Å². The molecule has 0 aromatic heterocycles. The monoisotopic (exact) mass is 250 g/mol. The molecule has 2 amide bonds. The van der Waals surface area contributed by atoms with Crippen LogP contribution in [0.3, 0.4) is 0 Å². The number of amides is 2. The van der Waals surface area contributed by atoms with Crippen molar-refractivity contribution in [2.45, 2.75) is 13.3 Å². The van der Waals surface area contributed by atoms with E-state index in [4.69, 9.17) is 4.74 Å². The number of benzene rings is 1. The van der Waals surface area contributed by atoms with Crippen molar-refractivity contribution < 1.29 is 14.3 Å². The van der Waals surface area contributed by atoms with Crippen molar-refractivity contribution in [3.05, 3.63) is 29.8 Å². The normalized spacial score (nSPS) is 9.67. The van der Waals surface area contributed by atoms with Gasteiger partial charge in [0.1, 0.15) is 5.75 Å². The van der Waals surface area contributed by atoms with Gasteiger partial charge in [0.05, 0.1) is 6.54 Å². The summed E-state index contributed by atoms with van der Waals surface area (Å²) in [5.74, 6) is 0.150. The Hall–Kier alpha value is -2.04. The van der Waals surface area contributed by atoms with Gasteiger partial charge in [-0.05, 0) is 18.1 Å². The van der Waals surface area contributed by atoms with Crippen LogP contribution < -0.4 is 15.4 Å². The molecule has 0 radical (unpaired) electrons. The smallest absolute Gasteiger partial charge is 0.258 e. The summed E-state index contributed by atoms with van der Waals surface area (Å²) < 4.78 is 5.41. The molecule has 1 aromatic rings. The first-order valence-corrected chi connectivity index (χ1v) is 5.85. The molecule has 0 aliphatic heterocycles. The fourth-order valence-electron chi connectivity index (χ4n) is 1.40. The van der Waals surface area contributed by atoms with Crippen molar-refractivity contribution in [1.29, 1.82) is 0 Å².